The summed E-state index contributed by atoms with van der Waals surface area (Å²) in [6.07, 6.45) is 2.32. The third-order valence-electron chi connectivity index (χ3n) is 4.19. The molecule has 0 bridgehead atoms. The molecule has 158 valence electrons. The summed E-state index contributed by atoms with van der Waals surface area (Å²) in [4.78, 5) is 39.7. The molecule has 0 fully saturated rings. The lowest BCUT2D eigenvalue weighted by Crippen LogP contribution is -2.22. The average Bonchev–Trinajstić information content (AvgIpc) is 2.79. The van der Waals surface area contributed by atoms with Crippen LogP contribution in [0.15, 0.2) is 73.1 Å². The highest BCUT2D eigenvalue weighted by Gasteiger charge is 2.09. The molecule has 2 amide bonds. The Morgan fingerprint density at radius 3 is 2.13 bits per heavy atom. The largest absolute Gasteiger partial charge is 0.513 e. The van der Waals surface area contributed by atoms with Crippen molar-refractivity contribution in [1.82, 2.24) is 10.3 Å². The van der Waals surface area contributed by atoms with Crippen LogP contribution in [-0.2, 0) is 11.3 Å². The Bertz CT molecular complexity index is 1040. The van der Waals surface area contributed by atoms with E-state index in [2.05, 4.69) is 15.6 Å². The number of hydrogen-bond acceptors (Lipinski definition) is 6. The smallest absolute Gasteiger partial charge is 0.434 e. The number of amides is 2. The van der Waals surface area contributed by atoms with E-state index in [1.807, 2.05) is 12.1 Å². The highest BCUT2D eigenvalue weighted by Crippen LogP contribution is 2.14. The van der Waals surface area contributed by atoms with E-state index >= 15 is 0 Å². The molecule has 2 N–H and O–H groups in total. The highest BCUT2D eigenvalue weighted by atomic mass is 16.7. The van der Waals surface area contributed by atoms with Crippen molar-refractivity contribution in [2.75, 3.05) is 11.9 Å². The van der Waals surface area contributed by atoms with Crippen molar-refractivity contribution in [3.05, 3.63) is 89.7 Å². The Morgan fingerprint density at radius 1 is 0.839 bits per heavy atom. The number of nitrogens with zero attached hydrogens (tertiary/aromatic N) is 1. The first kappa shape index (κ1) is 21.5. The van der Waals surface area contributed by atoms with Crippen LogP contribution in [0.2, 0.25) is 0 Å². The fourth-order valence-electron chi connectivity index (χ4n) is 2.61. The molecule has 8 heteroatoms. The van der Waals surface area contributed by atoms with E-state index in [9.17, 15) is 14.4 Å². The Morgan fingerprint density at radius 2 is 1.48 bits per heavy atom. The summed E-state index contributed by atoms with van der Waals surface area (Å²) in [5.74, 6) is -0.198. The lowest BCUT2D eigenvalue weighted by Gasteiger charge is -2.09. The van der Waals surface area contributed by atoms with Gasteiger partial charge in [0.15, 0.2) is 0 Å². The zero-order valence-corrected chi connectivity index (χ0v) is 16.8. The molecule has 0 saturated carbocycles. The summed E-state index contributed by atoms with van der Waals surface area (Å²) in [6.45, 7) is 2.22. The van der Waals surface area contributed by atoms with Crippen LogP contribution < -0.4 is 15.4 Å². The van der Waals surface area contributed by atoms with Gasteiger partial charge in [-0.25, -0.2) is 4.79 Å². The first-order chi connectivity index (χ1) is 15.0. The number of aromatic nitrogens is 1. The number of pyridine rings is 1. The molecule has 8 nitrogen and oxygen atoms in total. The summed E-state index contributed by atoms with van der Waals surface area (Å²) in [6, 6.07) is 16.6. The van der Waals surface area contributed by atoms with Gasteiger partial charge in [-0.3, -0.25) is 14.6 Å². The van der Waals surface area contributed by atoms with Gasteiger partial charge in [0.25, 0.3) is 11.8 Å². The number of benzene rings is 2. The number of rotatable bonds is 7. The van der Waals surface area contributed by atoms with Crippen LogP contribution in [-0.4, -0.2) is 29.6 Å². The minimum absolute atomic E-state index is 0.220. The molecule has 0 radical (unpaired) electrons. The fraction of sp³-hybridized carbons (Fsp3) is 0.130. The van der Waals surface area contributed by atoms with Crippen LogP contribution in [0.25, 0.3) is 0 Å². The molecule has 0 atom stereocenters. The first-order valence-electron chi connectivity index (χ1n) is 9.58. The second-order valence-corrected chi connectivity index (χ2v) is 6.38. The molecule has 0 aliphatic heterocycles. The summed E-state index contributed by atoms with van der Waals surface area (Å²) in [7, 11) is 0. The van der Waals surface area contributed by atoms with E-state index in [-0.39, 0.29) is 18.4 Å². The first-order valence-corrected chi connectivity index (χ1v) is 9.58. The molecule has 3 rings (SSSR count). The van der Waals surface area contributed by atoms with Crippen molar-refractivity contribution in [2.45, 2.75) is 13.5 Å². The van der Waals surface area contributed by atoms with Crippen LogP contribution in [0.1, 0.15) is 33.2 Å². The maximum atomic E-state index is 12.3. The molecule has 3 aromatic rings. The monoisotopic (exact) mass is 419 g/mol. The van der Waals surface area contributed by atoms with E-state index in [1.54, 1.807) is 55.7 Å². The molecule has 0 spiro atoms. The van der Waals surface area contributed by atoms with Crippen LogP contribution in [0.5, 0.6) is 5.75 Å². The van der Waals surface area contributed by atoms with Gasteiger partial charge in [0, 0.05) is 35.8 Å². The number of nitrogens with one attached hydrogen (secondary N) is 2. The Balaban J connectivity index is 1.50. The quantitative estimate of drug-likeness (QED) is 0.446. The van der Waals surface area contributed by atoms with Crippen LogP contribution in [0.4, 0.5) is 10.5 Å². The number of carbonyl (C=O) groups excluding carboxylic acids is 3. The molecule has 31 heavy (non-hydrogen) atoms. The summed E-state index contributed by atoms with van der Waals surface area (Å²) < 4.78 is 9.66. The molecule has 0 saturated heterocycles. The average molecular weight is 419 g/mol. The molecule has 0 aliphatic rings. The highest BCUT2D eigenvalue weighted by molar-refractivity contribution is 6.04. The van der Waals surface area contributed by atoms with Crippen molar-refractivity contribution in [2.24, 2.45) is 0 Å². The Kier molecular flexibility index (Phi) is 7.31. The zero-order valence-electron chi connectivity index (χ0n) is 16.8. The molecule has 1 heterocycles. The van der Waals surface area contributed by atoms with E-state index in [0.717, 1.165) is 5.56 Å². The Hall–Kier alpha value is -4.20. The Labute approximate surface area is 179 Å². The second kappa shape index (κ2) is 10.5. The number of anilines is 1. The lowest BCUT2D eigenvalue weighted by atomic mass is 10.1. The molecule has 0 aliphatic carbocycles. The summed E-state index contributed by atoms with van der Waals surface area (Å²) >= 11 is 0. The van der Waals surface area contributed by atoms with Crippen molar-refractivity contribution in [3.63, 3.8) is 0 Å². The van der Waals surface area contributed by atoms with Gasteiger partial charge in [0.2, 0.25) is 0 Å². The normalized spacial score (nSPS) is 10.1. The van der Waals surface area contributed by atoms with Crippen molar-refractivity contribution in [3.8, 4) is 5.75 Å². The van der Waals surface area contributed by atoms with Crippen molar-refractivity contribution < 1.29 is 23.9 Å². The van der Waals surface area contributed by atoms with Gasteiger partial charge in [0.05, 0.1) is 6.61 Å². The lowest BCUT2D eigenvalue weighted by molar-refractivity contribution is 0.0950. The fourth-order valence-corrected chi connectivity index (χ4v) is 2.61. The van der Waals surface area contributed by atoms with E-state index in [4.69, 9.17) is 9.47 Å². The summed E-state index contributed by atoms with van der Waals surface area (Å²) in [5, 5.41) is 5.62. The maximum Gasteiger partial charge on any atom is 0.513 e. The molecule has 0 unspecified atom stereocenters. The standard InChI is InChI=1S/C23H21N3O5/c1-2-30-23(29)31-20-9-5-17(6-10-20)21(27)25-15-16-3-7-19(8-4-16)26-22(28)18-11-13-24-14-12-18/h3-14H,2,15H2,1H3,(H,25,27)(H,26,28). The molecular formula is C23H21N3O5. The minimum Gasteiger partial charge on any atom is -0.434 e. The van der Waals surface area contributed by atoms with Crippen LogP contribution >= 0.6 is 0 Å². The second-order valence-electron chi connectivity index (χ2n) is 6.38. The van der Waals surface area contributed by atoms with Gasteiger partial charge in [-0.1, -0.05) is 12.1 Å². The third kappa shape index (κ3) is 6.40. The number of hydrogen-bond donors (Lipinski definition) is 2. The SMILES string of the molecule is CCOC(=O)Oc1ccc(C(=O)NCc2ccc(NC(=O)c3ccncc3)cc2)cc1. The van der Waals surface area contributed by atoms with Crippen molar-refractivity contribution in [1.29, 1.82) is 0 Å². The van der Waals surface area contributed by atoms with Gasteiger partial charge in [-0.05, 0) is 61.0 Å². The van der Waals surface area contributed by atoms with E-state index in [1.165, 1.54) is 12.1 Å². The van der Waals surface area contributed by atoms with Gasteiger partial charge < -0.3 is 20.1 Å². The predicted molar refractivity (Wildman–Crippen MR) is 114 cm³/mol. The third-order valence-corrected chi connectivity index (χ3v) is 4.19. The van der Waals surface area contributed by atoms with Crippen molar-refractivity contribution >= 4 is 23.7 Å². The van der Waals surface area contributed by atoms with Gasteiger partial charge in [0.1, 0.15) is 5.75 Å². The summed E-state index contributed by atoms with van der Waals surface area (Å²) in [5.41, 5.74) is 2.47. The van der Waals surface area contributed by atoms with E-state index in [0.29, 0.717) is 29.1 Å². The predicted octanol–water partition coefficient (Wildman–Crippen LogP) is 3.80. The molecule has 2 aromatic carbocycles. The zero-order chi connectivity index (χ0) is 22.1. The topological polar surface area (TPSA) is 107 Å². The number of carbonyl (C=O) groups is 3. The van der Waals surface area contributed by atoms with Crippen LogP contribution in [0, 0.1) is 0 Å². The van der Waals surface area contributed by atoms with E-state index < -0.39 is 6.16 Å². The molecule has 1 aromatic heterocycles. The minimum atomic E-state index is -0.792. The van der Waals surface area contributed by atoms with Gasteiger partial charge >= 0.3 is 6.16 Å². The van der Waals surface area contributed by atoms with Gasteiger partial charge in [-0.2, -0.15) is 0 Å². The van der Waals surface area contributed by atoms with Crippen LogP contribution in [0.3, 0.4) is 0 Å². The molecular weight excluding hydrogens is 398 g/mol. The number of ether oxygens (including phenoxy) is 2. The maximum absolute atomic E-state index is 12.3. The van der Waals surface area contributed by atoms with Gasteiger partial charge in [-0.15, -0.1) is 0 Å².